The number of aliphatic hydroxyl groups is 1. The van der Waals surface area contributed by atoms with Crippen LogP contribution in [0.15, 0.2) is 10.5 Å². The van der Waals surface area contributed by atoms with E-state index in [9.17, 15) is 20.1 Å². The molecule has 4 N–H and O–H groups in total. The van der Waals surface area contributed by atoms with E-state index in [2.05, 4.69) is 15.9 Å². The van der Waals surface area contributed by atoms with E-state index < -0.39 is 17.8 Å². The van der Waals surface area contributed by atoms with Crippen molar-refractivity contribution >= 4 is 21.9 Å². The SMILES string of the molecule is Cc1cc(O)c(O)c(Br)c1C(O)C(=O)O. The van der Waals surface area contributed by atoms with Gasteiger partial charge in [0.2, 0.25) is 0 Å². The summed E-state index contributed by atoms with van der Waals surface area (Å²) in [7, 11) is 0. The summed E-state index contributed by atoms with van der Waals surface area (Å²) in [5.74, 6) is -2.29. The second-order valence-corrected chi connectivity index (χ2v) is 3.82. The van der Waals surface area contributed by atoms with E-state index >= 15 is 0 Å². The Kier molecular flexibility index (Phi) is 3.21. The van der Waals surface area contributed by atoms with Gasteiger partial charge in [-0.25, -0.2) is 4.79 Å². The Labute approximate surface area is 93.7 Å². The Balaban J connectivity index is 3.42. The normalized spacial score (nSPS) is 12.5. The molecule has 0 amide bonds. The summed E-state index contributed by atoms with van der Waals surface area (Å²) in [6.07, 6.45) is -1.74. The number of carboxylic acid groups (broad SMARTS) is 1. The summed E-state index contributed by atoms with van der Waals surface area (Å²) in [6.45, 7) is 1.52. The zero-order valence-corrected chi connectivity index (χ0v) is 9.32. The summed E-state index contributed by atoms with van der Waals surface area (Å²) in [5, 5.41) is 36.5. The van der Waals surface area contributed by atoms with Gasteiger partial charge in [-0.05, 0) is 34.5 Å². The fraction of sp³-hybridized carbons (Fsp3) is 0.222. The lowest BCUT2D eigenvalue weighted by molar-refractivity contribution is -0.147. The molecule has 0 aromatic heterocycles. The molecule has 0 fully saturated rings. The molecule has 82 valence electrons. The first kappa shape index (κ1) is 11.8. The predicted octanol–water partition coefficient (Wildman–Crippen LogP) is 1.29. The first-order valence-electron chi connectivity index (χ1n) is 3.98. The number of phenols is 2. The molecule has 0 saturated carbocycles. The first-order chi connectivity index (χ1) is 6.86. The molecule has 5 nitrogen and oxygen atoms in total. The number of hydrogen-bond acceptors (Lipinski definition) is 4. The molecule has 0 aliphatic heterocycles. The van der Waals surface area contributed by atoms with Crippen molar-refractivity contribution in [3.63, 3.8) is 0 Å². The van der Waals surface area contributed by atoms with E-state index in [1.54, 1.807) is 0 Å². The second kappa shape index (κ2) is 4.08. The van der Waals surface area contributed by atoms with Crippen LogP contribution in [0.1, 0.15) is 17.2 Å². The monoisotopic (exact) mass is 276 g/mol. The van der Waals surface area contributed by atoms with Gasteiger partial charge >= 0.3 is 5.97 Å². The van der Waals surface area contributed by atoms with Crippen molar-refractivity contribution in [2.24, 2.45) is 0 Å². The average molecular weight is 277 g/mol. The maximum absolute atomic E-state index is 10.6. The van der Waals surface area contributed by atoms with Crippen LogP contribution in [-0.2, 0) is 4.79 Å². The quantitative estimate of drug-likeness (QED) is 0.610. The fourth-order valence-electron chi connectivity index (χ4n) is 1.22. The lowest BCUT2D eigenvalue weighted by Gasteiger charge is -2.13. The summed E-state index contributed by atoms with van der Waals surface area (Å²) in [5.41, 5.74) is 0.393. The Bertz CT molecular complexity index is 415. The fourth-order valence-corrected chi connectivity index (χ4v) is 1.96. The van der Waals surface area contributed by atoms with Crippen LogP contribution in [0.3, 0.4) is 0 Å². The molecule has 1 atom stereocenters. The molecular weight excluding hydrogens is 268 g/mol. The highest BCUT2D eigenvalue weighted by molar-refractivity contribution is 9.10. The van der Waals surface area contributed by atoms with Gasteiger partial charge in [-0.1, -0.05) is 0 Å². The van der Waals surface area contributed by atoms with Crippen molar-refractivity contribution in [1.82, 2.24) is 0 Å². The molecule has 15 heavy (non-hydrogen) atoms. The average Bonchev–Trinajstić information content (AvgIpc) is 2.14. The number of carbonyl (C=O) groups is 1. The Morgan fingerprint density at radius 2 is 2.00 bits per heavy atom. The minimum atomic E-state index is -1.74. The zero-order chi connectivity index (χ0) is 11.7. The largest absolute Gasteiger partial charge is 0.504 e. The molecule has 0 aliphatic carbocycles. The summed E-state index contributed by atoms with van der Waals surface area (Å²) in [6, 6.07) is 1.18. The van der Waals surface area contributed by atoms with Gasteiger partial charge in [0.05, 0.1) is 4.47 Å². The van der Waals surface area contributed by atoms with Crippen molar-refractivity contribution in [3.05, 3.63) is 21.7 Å². The van der Waals surface area contributed by atoms with Gasteiger partial charge in [0.1, 0.15) is 0 Å². The van der Waals surface area contributed by atoms with Crippen molar-refractivity contribution in [2.75, 3.05) is 0 Å². The number of aromatic hydroxyl groups is 2. The van der Waals surface area contributed by atoms with Gasteiger partial charge in [-0.3, -0.25) is 0 Å². The summed E-state index contributed by atoms with van der Waals surface area (Å²) < 4.78 is -0.0186. The van der Waals surface area contributed by atoms with Crippen LogP contribution in [0, 0.1) is 6.92 Å². The van der Waals surface area contributed by atoms with Crippen LogP contribution in [-0.4, -0.2) is 26.4 Å². The molecule has 0 aliphatic rings. The number of aliphatic carboxylic acids is 1. The number of hydrogen-bond donors (Lipinski definition) is 4. The summed E-state index contributed by atoms with van der Waals surface area (Å²) in [4.78, 5) is 10.6. The minimum Gasteiger partial charge on any atom is -0.504 e. The summed E-state index contributed by atoms with van der Waals surface area (Å²) >= 11 is 2.92. The Morgan fingerprint density at radius 1 is 1.47 bits per heavy atom. The molecule has 1 rings (SSSR count). The number of benzene rings is 1. The van der Waals surface area contributed by atoms with Crippen LogP contribution >= 0.6 is 15.9 Å². The molecule has 1 aromatic rings. The molecule has 0 spiro atoms. The van der Waals surface area contributed by atoms with Crippen molar-refractivity contribution in [3.8, 4) is 11.5 Å². The predicted molar refractivity (Wildman–Crippen MR) is 54.8 cm³/mol. The number of halogens is 1. The molecule has 0 bridgehead atoms. The number of phenolic OH excluding ortho intramolecular Hbond substituents is 2. The zero-order valence-electron chi connectivity index (χ0n) is 7.73. The molecular formula is C9H9BrO5. The van der Waals surface area contributed by atoms with Crippen LogP contribution in [0.25, 0.3) is 0 Å². The Hall–Kier alpha value is -1.27. The molecule has 0 saturated heterocycles. The number of rotatable bonds is 2. The van der Waals surface area contributed by atoms with E-state index in [0.29, 0.717) is 5.56 Å². The maximum Gasteiger partial charge on any atom is 0.337 e. The van der Waals surface area contributed by atoms with E-state index in [-0.39, 0.29) is 15.8 Å². The molecule has 6 heteroatoms. The smallest absolute Gasteiger partial charge is 0.337 e. The van der Waals surface area contributed by atoms with Gasteiger partial charge < -0.3 is 20.4 Å². The van der Waals surface area contributed by atoms with Gasteiger partial charge in [0, 0.05) is 5.56 Å². The van der Waals surface area contributed by atoms with E-state index in [1.807, 2.05) is 0 Å². The third-order valence-electron chi connectivity index (χ3n) is 1.97. The van der Waals surface area contributed by atoms with E-state index in [0.717, 1.165) is 0 Å². The first-order valence-corrected chi connectivity index (χ1v) is 4.77. The minimum absolute atomic E-state index is 0.0186. The van der Waals surface area contributed by atoms with Gasteiger partial charge in [-0.2, -0.15) is 0 Å². The molecule has 0 heterocycles. The van der Waals surface area contributed by atoms with Crippen molar-refractivity contribution < 1.29 is 25.2 Å². The molecule has 0 radical (unpaired) electrons. The van der Waals surface area contributed by atoms with Gasteiger partial charge in [0.15, 0.2) is 17.6 Å². The van der Waals surface area contributed by atoms with Crippen molar-refractivity contribution in [1.29, 1.82) is 0 Å². The second-order valence-electron chi connectivity index (χ2n) is 3.03. The highest BCUT2D eigenvalue weighted by Crippen LogP contribution is 2.40. The number of carboxylic acids is 1. The van der Waals surface area contributed by atoms with Gasteiger partial charge in [-0.15, -0.1) is 0 Å². The number of aliphatic hydroxyl groups excluding tert-OH is 1. The van der Waals surface area contributed by atoms with Crippen LogP contribution < -0.4 is 0 Å². The lowest BCUT2D eigenvalue weighted by atomic mass is 10.0. The highest BCUT2D eigenvalue weighted by atomic mass is 79.9. The highest BCUT2D eigenvalue weighted by Gasteiger charge is 2.24. The molecule has 1 unspecified atom stereocenters. The maximum atomic E-state index is 10.6. The van der Waals surface area contributed by atoms with Crippen LogP contribution in [0.4, 0.5) is 0 Å². The topological polar surface area (TPSA) is 98.0 Å². The van der Waals surface area contributed by atoms with Crippen molar-refractivity contribution in [2.45, 2.75) is 13.0 Å². The third kappa shape index (κ3) is 2.05. The van der Waals surface area contributed by atoms with Gasteiger partial charge in [0.25, 0.3) is 0 Å². The standard InChI is InChI=1S/C9H9BrO5/c1-3-2-4(11)7(12)6(10)5(3)8(13)9(14)15/h2,8,11-13H,1H3,(H,14,15). The third-order valence-corrected chi connectivity index (χ3v) is 2.78. The molecule has 1 aromatic carbocycles. The van der Waals surface area contributed by atoms with Crippen LogP contribution in [0.2, 0.25) is 0 Å². The Morgan fingerprint density at radius 3 is 2.47 bits per heavy atom. The van der Waals surface area contributed by atoms with E-state index in [1.165, 1.54) is 13.0 Å². The lowest BCUT2D eigenvalue weighted by Crippen LogP contribution is -2.12. The van der Waals surface area contributed by atoms with Crippen LogP contribution in [0.5, 0.6) is 11.5 Å². The van der Waals surface area contributed by atoms with E-state index in [4.69, 9.17) is 5.11 Å². The number of aryl methyl sites for hydroxylation is 1.